The van der Waals surface area contributed by atoms with Gasteiger partial charge < -0.3 is 5.32 Å². The Morgan fingerprint density at radius 2 is 2.29 bits per heavy atom. The van der Waals surface area contributed by atoms with Crippen LogP contribution < -0.4 is 5.32 Å². The number of hydrogen-bond acceptors (Lipinski definition) is 3. The van der Waals surface area contributed by atoms with Gasteiger partial charge in [0.1, 0.15) is 6.33 Å². The zero-order valence-electron chi connectivity index (χ0n) is 8.26. The Hall–Kier alpha value is -1.19. The van der Waals surface area contributed by atoms with E-state index < -0.39 is 0 Å². The summed E-state index contributed by atoms with van der Waals surface area (Å²) in [5.74, 6) is 0.856. The fourth-order valence-electron chi connectivity index (χ4n) is 1.38. The quantitative estimate of drug-likeness (QED) is 0.799. The van der Waals surface area contributed by atoms with Gasteiger partial charge in [0.2, 0.25) is 0 Å². The van der Waals surface area contributed by atoms with Crippen LogP contribution in [-0.4, -0.2) is 16.5 Å². The lowest BCUT2D eigenvalue weighted by atomic mass is 10.3. The van der Waals surface area contributed by atoms with Gasteiger partial charge in [-0.25, -0.2) is 14.4 Å². The lowest BCUT2D eigenvalue weighted by molar-refractivity contribution is 0.603. The molecule has 1 saturated carbocycles. The first kappa shape index (κ1) is 9.37. The Labute approximate surface area is 82.8 Å². The van der Waals surface area contributed by atoms with Crippen LogP contribution in [0.4, 0.5) is 10.2 Å². The summed E-state index contributed by atoms with van der Waals surface area (Å²) < 4.78 is 13.4. The fourth-order valence-corrected chi connectivity index (χ4v) is 1.38. The van der Waals surface area contributed by atoms with Gasteiger partial charge in [-0.1, -0.05) is 12.8 Å². The molecule has 0 bridgehead atoms. The van der Waals surface area contributed by atoms with Crippen LogP contribution in [0.25, 0.3) is 0 Å². The molecule has 1 fully saturated rings. The van der Waals surface area contributed by atoms with Gasteiger partial charge in [-0.2, -0.15) is 0 Å². The molecule has 1 aliphatic rings. The van der Waals surface area contributed by atoms with E-state index >= 15 is 0 Å². The van der Waals surface area contributed by atoms with E-state index in [1.807, 2.05) is 0 Å². The smallest absolute Gasteiger partial charge is 0.186 e. The van der Waals surface area contributed by atoms with Crippen molar-refractivity contribution in [1.29, 1.82) is 0 Å². The van der Waals surface area contributed by atoms with Gasteiger partial charge >= 0.3 is 0 Å². The van der Waals surface area contributed by atoms with E-state index in [9.17, 15) is 4.39 Å². The molecule has 14 heavy (non-hydrogen) atoms. The summed E-state index contributed by atoms with van der Waals surface area (Å²) in [6.07, 6.45) is 5.15. The largest absolute Gasteiger partial charge is 0.368 e. The molecule has 4 heteroatoms. The first-order chi connectivity index (χ1) is 6.77. The molecule has 1 heterocycles. The third kappa shape index (κ3) is 2.19. The van der Waals surface area contributed by atoms with Gasteiger partial charge in [0.25, 0.3) is 0 Å². The van der Waals surface area contributed by atoms with Crippen LogP contribution in [0.3, 0.4) is 0 Å². The molecule has 0 unspecified atom stereocenters. The maximum Gasteiger partial charge on any atom is 0.186 e. The molecule has 0 aromatic carbocycles. The molecule has 0 amide bonds. The predicted octanol–water partition coefficient (Wildman–Crippen LogP) is 2.14. The van der Waals surface area contributed by atoms with Crippen LogP contribution in [0.1, 0.15) is 25.0 Å². The minimum absolute atomic E-state index is 0.330. The predicted molar refractivity (Wildman–Crippen MR) is 52.6 cm³/mol. The molecule has 0 spiro atoms. The SMILES string of the molecule is Cc1ncnc(NCCC2CC2)c1F. The second-order valence-electron chi connectivity index (χ2n) is 3.78. The van der Waals surface area contributed by atoms with Gasteiger partial charge in [0.05, 0.1) is 5.69 Å². The molecule has 0 radical (unpaired) electrons. The highest BCUT2D eigenvalue weighted by Gasteiger charge is 2.20. The summed E-state index contributed by atoms with van der Waals surface area (Å²) in [5, 5.41) is 3.00. The summed E-state index contributed by atoms with van der Waals surface area (Å²) in [6, 6.07) is 0. The average molecular weight is 195 g/mol. The third-order valence-corrected chi connectivity index (χ3v) is 2.51. The van der Waals surface area contributed by atoms with E-state index in [0.717, 1.165) is 18.9 Å². The number of halogens is 1. The normalized spacial score (nSPS) is 15.6. The van der Waals surface area contributed by atoms with E-state index in [1.54, 1.807) is 6.92 Å². The van der Waals surface area contributed by atoms with Gasteiger partial charge in [-0.15, -0.1) is 0 Å². The molecular formula is C10H14FN3. The topological polar surface area (TPSA) is 37.8 Å². The number of hydrogen-bond donors (Lipinski definition) is 1. The molecule has 76 valence electrons. The monoisotopic (exact) mass is 195 g/mol. The molecule has 3 nitrogen and oxygen atoms in total. The minimum Gasteiger partial charge on any atom is -0.368 e. The highest BCUT2D eigenvalue weighted by Crippen LogP contribution is 2.32. The Bertz CT molecular complexity index is 323. The van der Waals surface area contributed by atoms with Crippen LogP contribution in [0.5, 0.6) is 0 Å². The van der Waals surface area contributed by atoms with Crippen molar-refractivity contribution in [3.05, 3.63) is 17.8 Å². The lowest BCUT2D eigenvalue weighted by Gasteiger charge is -2.06. The maximum atomic E-state index is 13.4. The molecule has 1 aromatic rings. The Balaban J connectivity index is 1.90. The van der Waals surface area contributed by atoms with Crippen molar-refractivity contribution < 1.29 is 4.39 Å². The highest BCUT2D eigenvalue weighted by molar-refractivity contribution is 5.36. The van der Waals surface area contributed by atoms with E-state index in [0.29, 0.717) is 11.5 Å². The summed E-state index contributed by atoms with van der Waals surface area (Å²) in [7, 11) is 0. The first-order valence-corrected chi connectivity index (χ1v) is 4.98. The van der Waals surface area contributed by atoms with E-state index in [-0.39, 0.29) is 5.82 Å². The van der Waals surface area contributed by atoms with Crippen LogP contribution in [0.2, 0.25) is 0 Å². The standard InChI is InChI=1S/C10H14FN3/c1-7-9(11)10(14-6-13-7)12-5-4-8-2-3-8/h6,8H,2-5H2,1H3,(H,12,13,14). The second kappa shape index (κ2) is 3.90. The van der Waals surface area contributed by atoms with Crippen molar-refractivity contribution in [2.24, 2.45) is 5.92 Å². The highest BCUT2D eigenvalue weighted by atomic mass is 19.1. The van der Waals surface area contributed by atoms with Crippen molar-refractivity contribution in [3.8, 4) is 0 Å². The van der Waals surface area contributed by atoms with Gasteiger partial charge in [0, 0.05) is 6.54 Å². The van der Waals surface area contributed by atoms with Crippen LogP contribution in [0, 0.1) is 18.7 Å². The Morgan fingerprint density at radius 3 is 3.00 bits per heavy atom. The number of nitrogens with zero attached hydrogens (tertiary/aromatic N) is 2. The van der Waals surface area contributed by atoms with E-state index in [4.69, 9.17) is 0 Å². The lowest BCUT2D eigenvalue weighted by Crippen LogP contribution is -2.07. The van der Waals surface area contributed by atoms with Crippen molar-refractivity contribution in [3.63, 3.8) is 0 Å². The summed E-state index contributed by atoms with van der Waals surface area (Å²) in [6.45, 7) is 2.45. The second-order valence-corrected chi connectivity index (χ2v) is 3.78. The molecular weight excluding hydrogens is 181 g/mol. The van der Waals surface area contributed by atoms with Crippen LogP contribution in [0.15, 0.2) is 6.33 Å². The van der Waals surface area contributed by atoms with Gasteiger partial charge in [-0.3, -0.25) is 0 Å². The number of aromatic nitrogens is 2. The van der Waals surface area contributed by atoms with Crippen molar-refractivity contribution in [2.45, 2.75) is 26.2 Å². The maximum absolute atomic E-state index is 13.4. The van der Waals surface area contributed by atoms with Gasteiger partial charge in [0.15, 0.2) is 11.6 Å². The Kier molecular flexibility index (Phi) is 2.61. The van der Waals surface area contributed by atoms with E-state index in [1.165, 1.54) is 19.2 Å². The molecule has 1 N–H and O–H groups in total. The van der Waals surface area contributed by atoms with Crippen LogP contribution in [-0.2, 0) is 0 Å². The molecule has 0 atom stereocenters. The van der Waals surface area contributed by atoms with Crippen molar-refractivity contribution in [2.75, 3.05) is 11.9 Å². The number of anilines is 1. The fraction of sp³-hybridized carbons (Fsp3) is 0.600. The first-order valence-electron chi connectivity index (χ1n) is 4.98. The number of rotatable bonds is 4. The summed E-state index contributed by atoms with van der Waals surface area (Å²) >= 11 is 0. The molecule has 1 aromatic heterocycles. The molecule has 2 rings (SSSR count). The van der Waals surface area contributed by atoms with Crippen molar-refractivity contribution in [1.82, 2.24) is 9.97 Å². The zero-order chi connectivity index (χ0) is 9.97. The molecule has 0 saturated heterocycles. The van der Waals surface area contributed by atoms with Crippen LogP contribution >= 0.6 is 0 Å². The van der Waals surface area contributed by atoms with Gasteiger partial charge in [-0.05, 0) is 19.3 Å². The Morgan fingerprint density at radius 1 is 1.50 bits per heavy atom. The third-order valence-electron chi connectivity index (χ3n) is 2.51. The van der Waals surface area contributed by atoms with Crippen molar-refractivity contribution >= 4 is 5.82 Å². The average Bonchev–Trinajstić information content (AvgIpc) is 2.96. The minimum atomic E-state index is -0.330. The summed E-state index contributed by atoms with van der Waals surface area (Å²) in [5.41, 5.74) is 0.397. The van der Waals surface area contributed by atoms with E-state index in [2.05, 4.69) is 15.3 Å². The number of aryl methyl sites for hydroxylation is 1. The summed E-state index contributed by atoms with van der Waals surface area (Å²) in [4.78, 5) is 7.63. The zero-order valence-corrected chi connectivity index (χ0v) is 8.26. The molecule has 0 aliphatic heterocycles. The number of nitrogens with one attached hydrogen (secondary N) is 1. The molecule has 1 aliphatic carbocycles.